The number of hydrogen-bond acceptors (Lipinski definition) is 6. The van der Waals surface area contributed by atoms with E-state index in [-0.39, 0.29) is 5.91 Å². The van der Waals surface area contributed by atoms with Crippen LogP contribution in [0.25, 0.3) is 27.7 Å². The summed E-state index contributed by atoms with van der Waals surface area (Å²) in [6.45, 7) is 3.79. The molecule has 2 aromatic carbocycles. The molecule has 3 heterocycles. The molecule has 0 bridgehead atoms. The van der Waals surface area contributed by atoms with Crippen molar-refractivity contribution >= 4 is 28.1 Å². The first-order valence-corrected chi connectivity index (χ1v) is 11.8. The SMILES string of the molecule is CNc1ccc(-c2cc(C3=CCCN(C(=O)CCn4ccnn4)C3)cc3cc(C)oc23)c(OC)c1. The minimum absolute atomic E-state index is 0.121. The highest BCUT2D eigenvalue weighted by atomic mass is 16.5. The summed E-state index contributed by atoms with van der Waals surface area (Å²) in [6.07, 6.45) is 6.86. The van der Waals surface area contributed by atoms with Gasteiger partial charge in [0.25, 0.3) is 0 Å². The van der Waals surface area contributed by atoms with Gasteiger partial charge in [0.1, 0.15) is 17.1 Å². The maximum Gasteiger partial charge on any atom is 0.224 e. The highest BCUT2D eigenvalue weighted by Gasteiger charge is 2.22. The lowest BCUT2D eigenvalue weighted by Crippen LogP contribution is -2.35. The van der Waals surface area contributed by atoms with Gasteiger partial charge in [0.15, 0.2) is 0 Å². The summed E-state index contributed by atoms with van der Waals surface area (Å²) in [6, 6.07) is 12.4. The number of anilines is 1. The summed E-state index contributed by atoms with van der Waals surface area (Å²) in [7, 11) is 3.57. The van der Waals surface area contributed by atoms with Crippen LogP contribution in [0.15, 0.2) is 59.3 Å². The molecule has 35 heavy (non-hydrogen) atoms. The molecule has 0 radical (unpaired) electrons. The molecule has 0 spiro atoms. The highest BCUT2D eigenvalue weighted by Crippen LogP contribution is 2.40. The Morgan fingerprint density at radius 1 is 1.20 bits per heavy atom. The van der Waals surface area contributed by atoms with E-state index in [9.17, 15) is 4.79 Å². The van der Waals surface area contributed by atoms with E-state index in [1.165, 1.54) is 0 Å². The fraction of sp³-hybridized carbons (Fsp3) is 0.296. The quantitative estimate of drug-likeness (QED) is 0.418. The smallest absolute Gasteiger partial charge is 0.224 e. The summed E-state index contributed by atoms with van der Waals surface area (Å²) in [4.78, 5) is 14.8. The van der Waals surface area contributed by atoms with Crippen LogP contribution >= 0.6 is 0 Å². The monoisotopic (exact) mass is 471 g/mol. The molecule has 0 aliphatic carbocycles. The van der Waals surface area contributed by atoms with Crippen molar-refractivity contribution in [2.45, 2.75) is 26.3 Å². The molecule has 180 valence electrons. The Morgan fingerprint density at radius 3 is 2.86 bits per heavy atom. The summed E-state index contributed by atoms with van der Waals surface area (Å²) in [5.74, 6) is 1.74. The van der Waals surface area contributed by atoms with Gasteiger partial charge < -0.3 is 19.4 Å². The first-order chi connectivity index (χ1) is 17.1. The predicted octanol–water partition coefficient (Wildman–Crippen LogP) is 4.76. The minimum Gasteiger partial charge on any atom is -0.496 e. The van der Waals surface area contributed by atoms with Crippen LogP contribution in [0.4, 0.5) is 5.69 Å². The number of nitrogens with zero attached hydrogens (tertiary/aromatic N) is 4. The van der Waals surface area contributed by atoms with Crippen molar-refractivity contribution in [3.05, 3.63) is 66.2 Å². The molecule has 5 rings (SSSR count). The normalized spacial score (nSPS) is 13.7. The van der Waals surface area contributed by atoms with E-state index in [1.54, 1.807) is 24.2 Å². The summed E-state index contributed by atoms with van der Waals surface area (Å²) < 4.78 is 13.5. The Hall–Kier alpha value is -4.07. The molecule has 8 heteroatoms. The maximum absolute atomic E-state index is 12.9. The number of amides is 1. The van der Waals surface area contributed by atoms with E-state index in [2.05, 4.69) is 46.0 Å². The molecule has 0 unspecified atom stereocenters. The number of carbonyl (C=O) groups is 1. The second-order valence-electron chi connectivity index (χ2n) is 8.71. The first-order valence-electron chi connectivity index (χ1n) is 11.8. The second kappa shape index (κ2) is 9.66. The number of aryl methyl sites for hydroxylation is 2. The number of fused-ring (bicyclic) bond motifs is 1. The topological polar surface area (TPSA) is 85.4 Å². The average Bonchev–Trinajstić information content (AvgIpc) is 3.55. The third-order valence-electron chi connectivity index (χ3n) is 6.42. The molecule has 0 atom stereocenters. The second-order valence-corrected chi connectivity index (χ2v) is 8.71. The number of benzene rings is 2. The number of methoxy groups -OCH3 is 1. The minimum atomic E-state index is 0.121. The van der Waals surface area contributed by atoms with E-state index in [0.29, 0.717) is 19.5 Å². The van der Waals surface area contributed by atoms with Crippen LogP contribution in [-0.4, -0.2) is 53.0 Å². The zero-order valence-electron chi connectivity index (χ0n) is 20.2. The molecule has 0 saturated carbocycles. The first kappa shape index (κ1) is 22.7. The third-order valence-corrected chi connectivity index (χ3v) is 6.42. The molecule has 0 saturated heterocycles. The van der Waals surface area contributed by atoms with Gasteiger partial charge in [-0.3, -0.25) is 9.48 Å². The fourth-order valence-corrected chi connectivity index (χ4v) is 4.62. The molecule has 0 fully saturated rings. The largest absolute Gasteiger partial charge is 0.496 e. The van der Waals surface area contributed by atoms with Crippen LogP contribution in [-0.2, 0) is 11.3 Å². The maximum atomic E-state index is 12.9. The van der Waals surface area contributed by atoms with Gasteiger partial charge in [-0.05, 0) is 54.8 Å². The Balaban J connectivity index is 1.47. The third kappa shape index (κ3) is 4.64. The Bertz CT molecular complexity index is 1390. The van der Waals surface area contributed by atoms with Crippen molar-refractivity contribution in [1.82, 2.24) is 19.9 Å². The van der Waals surface area contributed by atoms with Crippen molar-refractivity contribution < 1.29 is 13.9 Å². The van der Waals surface area contributed by atoms with E-state index in [0.717, 1.165) is 63.4 Å². The lowest BCUT2D eigenvalue weighted by atomic mass is 9.94. The molecular formula is C27H29N5O3. The van der Waals surface area contributed by atoms with Crippen LogP contribution in [0.2, 0.25) is 0 Å². The van der Waals surface area contributed by atoms with E-state index < -0.39 is 0 Å². The number of rotatable bonds is 7. The van der Waals surface area contributed by atoms with Gasteiger partial charge in [0, 0.05) is 61.0 Å². The molecule has 1 N–H and O–H groups in total. The Kier molecular flexibility index (Phi) is 6.27. The molecule has 2 aromatic heterocycles. The Labute approximate surface area is 204 Å². The highest BCUT2D eigenvalue weighted by molar-refractivity contribution is 5.98. The number of ether oxygens (including phenoxy) is 1. The molecular weight excluding hydrogens is 442 g/mol. The van der Waals surface area contributed by atoms with Gasteiger partial charge in [-0.15, -0.1) is 5.10 Å². The van der Waals surface area contributed by atoms with Crippen LogP contribution in [0, 0.1) is 6.92 Å². The van der Waals surface area contributed by atoms with Gasteiger partial charge in [-0.2, -0.15) is 0 Å². The van der Waals surface area contributed by atoms with E-state index in [1.807, 2.05) is 31.0 Å². The van der Waals surface area contributed by atoms with Crippen LogP contribution in [0.3, 0.4) is 0 Å². The van der Waals surface area contributed by atoms with Crippen molar-refractivity contribution in [1.29, 1.82) is 0 Å². The number of furan rings is 1. The number of carbonyl (C=O) groups excluding carboxylic acids is 1. The summed E-state index contributed by atoms with van der Waals surface area (Å²) >= 11 is 0. The zero-order chi connectivity index (χ0) is 24.4. The van der Waals surface area contributed by atoms with Crippen molar-refractivity contribution in [2.24, 2.45) is 0 Å². The van der Waals surface area contributed by atoms with Gasteiger partial charge in [0.2, 0.25) is 5.91 Å². The van der Waals surface area contributed by atoms with Gasteiger partial charge in [-0.25, -0.2) is 0 Å². The molecule has 8 nitrogen and oxygen atoms in total. The van der Waals surface area contributed by atoms with E-state index >= 15 is 0 Å². The van der Waals surface area contributed by atoms with Crippen molar-refractivity contribution in [3.63, 3.8) is 0 Å². The molecule has 4 aromatic rings. The number of nitrogens with one attached hydrogen (secondary N) is 1. The summed E-state index contributed by atoms with van der Waals surface area (Å²) in [5, 5.41) is 11.9. The zero-order valence-corrected chi connectivity index (χ0v) is 20.2. The number of hydrogen-bond donors (Lipinski definition) is 1. The lowest BCUT2D eigenvalue weighted by Gasteiger charge is -2.28. The van der Waals surface area contributed by atoms with Crippen molar-refractivity contribution in [3.8, 4) is 16.9 Å². The van der Waals surface area contributed by atoms with Gasteiger partial charge in [0.05, 0.1) is 19.9 Å². The number of aromatic nitrogens is 3. The predicted molar refractivity (Wildman–Crippen MR) is 136 cm³/mol. The van der Waals surface area contributed by atoms with Crippen LogP contribution in [0.5, 0.6) is 5.75 Å². The fourth-order valence-electron chi connectivity index (χ4n) is 4.62. The molecule has 1 amide bonds. The summed E-state index contributed by atoms with van der Waals surface area (Å²) in [5.41, 5.74) is 5.97. The molecule has 1 aliphatic rings. The average molecular weight is 472 g/mol. The Morgan fingerprint density at radius 2 is 2.09 bits per heavy atom. The van der Waals surface area contributed by atoms with Crippen molar-refractivity contribution in [2.75, 3.05) is 32.6 Å². The van der Waals surface area contributed by atoms with Gasteiger partial charge in [-0.1, -0.05) is 11.3 Å². The standard InChI is InChI=1S/C27H29N5O3/c1-18-13-21-14-20(15-24(27(21)35-18)23-7-6-22(28-2)16-25(23)34-3)19-5-4-10-31(17-19)26(33)8-11-32-12-9-29-30-32/h5-7,9,12-16,28H,4,8,10-11,17H2,1-3H3. The molecule has 1 aliphatic heterocycles. The van der Waals surface area contributed by atoms with Crippen LogP contribution in [0.1, 0.15) is 24.2 Å². The van der Waals surface area contributed by atoms with E-state index in [4.69, 9.17) is 9.15 Å². The van der Waals surface area contributed by atoms with Gasteiger partial charge >= 0.3 is 0 Å². The lowest BCUT2D eigenvalue weighted by molar-refractivity contribution is -0.131. The van der Waals surface area contributed by atoms with Crippen LogP contribution < -0.4 is 10.1 Å².